The van der Waals surface area contributed by atoms with E-state index in [1.54, 1.807) is 12.1 Å². The highest BCUT2D eigenvalue weighted by Gasteiger charge is 2.08. The molecule has 0 unspecified atom stereocenters. The van der Waals surface area contributed by atoms with E-state index in [1.165, 1.54) is 18.3 Å². The van der Waals surface area contributed by atoms with E-state index in [1.807, 2.05) is 13.0 Å². The lowest BCUT2D eigenvalue weighted by atomic mass is 10.1. The van der Waals surface area contributed by atoms with Crippen molar-refractivity contribution >= 4 is 51.3 Å². The molecule has 4 nitrogen and oxygen atoms in total. The van der Waals surface area contributed by atoms with Gasteiger partial charge in [0.2, 0.25) is 0 Å². The third kappa shape index (κ3) is 4.00. The average Bonchev–Trinajstić information content (AvgIpc) is 2.46. The topological polar surface area (TPSA) is 61.7 Å². The van der Waals surface area contributed by atoms with Gasteiger partial charge in [-0.3, -0.25) is 4.79 Å². The fourth-order valence-electron chi connectivity index (χ4n) is 1.64. The van der Waals surface area contributed by atoms with Gasteiger partial charge in [0, 0.05) is 20.6 Å². The number of aromatic hydroxyl groups is 1. The molecule has 2 N–H and O–H groups in total. The van der Waals surface area contributed by atoms with E-state index in [0.717, 1.165) is 10.0 Å². The lowest BCUT2D eigenvalue weighted by molar-refractivity contribution is 0.0955. The molecule has 0 spiro atoms. The van der Waals surface area contributed by atoms with Crippen LogP contribution in [0.4, 0.5) is 0 Å². The van der Waals surface area contributed by atoms with E-state index in [-0.39, 0.29) is 16.7 Å². The van der Waals surface area contributed by atoms with Crippen LogP contribution in [-0.4, -0.2) is 17.2 Å². The summed E-state index contributed by atoms with van der Waals surface area (Å²) < 4.78 is 0.836. The maximum atomic E-state index is 12.0. The number of carbonyl (C=O) groups is 1. The van der Waals surface area contributed by atoms with Gasteiger partial charge in [0.25, 0.3) is 5.91 Å². The van der Waals surface area contributed by atoms with Crippen molar-refractivity contribution in [3.8, 4) is 5.75 Å². The standard InChI is InChI=1S/C15H11BrCl2N2O2/c1-8-2-3-9(5-12(8)16)15(22)20-19-7-10-4-11(17)6-13(18)14(10)21/h2-7,21H,1H3,(H,20,22)/b19-7+. The number of hydrazone groups is 1. The van der Waals surface area contributed by atoms with Crippen molar-refractivity contribution in [2.45, 2.75) is 6.92 Å². The van der Waals surface area contributed by atoms with Crippen molar-refractivity contribution in [2.24, 2.45) is 5.10 Å². The van der Waals surface area contributed by atoms with Gasteiger partial charge < -0.3 is 5.11 Å². The third-order valence-corrected chi connectivity index (χ3v) is 4.22. The molecule has 0 heterocycles. The minimum absolute atomic E-state index is 0.114. The summed E-state index contributed by atoms with van der Waals surface area (Å²) in [4.78, 5) is 12.0. The summed E-state index contributed by atoms with van der Waals surface area (Å²) >= 11 is 15.0. The Kier molecular flexibility index (Phi) is 5.45. The molecule has 2 rings (SSSR count). The number of hydrogen-bond donors (Lipinski definition) is 2. The second kappa shape index (κ2) is 7.13. The highest BCUT2D eigenvalue weighted by Crippen LogP contribution is 2.29. The van der Waals surface area contributed by atoms with Crippen LogP contribution >= 0.6 is 39.1 Å². The summed E-state index contributed by atoms with van der Waals surface area (Å²) in [5.74, 6) is -0.522. The highest BCUT2D eigenvalue weighted by atomic mass is 79.9. The normalized spacial score (nSPS) is 10.9. The van der Waals surface area contributed by atoms with Crippen LogP contribution < -0.4 is 5.43 Å². The second-order valence-electron chi connectivity index (χ2n) is 4.49. The third-order valence-electron chi connectivity index (χ3n) is 2.86. The van der Waals surface area contributed by atoms with E-state index < -0.39 is 0 Å². The molecule has 114 valence electrons. The summed E-state index contributed by atoms with van der Waals surface area (Å²) in [7, 11) is 0. The van der Waals surface area contributed by atoms with Crippen molar-refractivity contribution in [1.29, 1.82) is 0 Å². The molecule has 0 aliphatic rings. The first-order chi connectivity index (χ1) is 10.4. The van der Waals surface area contributed by atoms with Gasteiger partial charge in [0.1, 0.15) is 5.75 Å². The Bertz CT molecular complexity index is 763. The zero-order valence-electron chi connectivity index (χ0n) is 11.4. The fraction of sp³-hybridized carbons (Fsp3) is 0.0667. The van der Waals surface area contributed by atoms with Crippen LogP contribution in [0, 0.1) is 6.92 Å². The van der Waals surface area contributed by atoms with Gasteiger partial charge in [-0.1, -0.05) is 45.2 Å². The number of phenolic OH excluding ortho intramolecular Hbond substituents is 1. The molecule has 7 heteroatoms. The van der Waals surface area contributed by atoms with Crippen molar-refractivity contribution < 1.29 is 9.90 Å². The SMILES string of the molecule is Cc1ccc(C(=O)N/N=C/c2cc(Cl)cc(Cl)c2O)cc1Br. The summed E-state index contributed by atoms with van der Waals surface area (Å²) in [5.41, 5.74) is 4.17. The molecule has 22 heavy (non-hydrogen) atoms. The average molecular weight is 402 g/mol. The molecule has 0 fully saturated rings. The summed E-state index contributed by atoms with van der Waals surface area (Å²) in [6, 6.07) is 8.12. The molecule has 0 aliphatic carbocycles. The molecular formula is C15H11BrCl2N2O2. The predicted octanol–water partition coefficient (Wildman–Crippen LogP) is 4.53. The van der Waals surface area contributed by atoms with Gasteiger partial charge in [-0.2, -0.15) is 5.10 Å². The maximum absolute atomic E-state index is 12.0. The van der Waals surface area contributed by atoms with Crippen LogP contribution in [0.1, 0.15) is 21.5 Å². The van der Waals surface area contributed by atoms with Gasteiger partial charge in [-0.25, -0.2) is 5.43 Å². The number of amides is 1. The number of aryl methyl sites for hydroxylation is 1. The quantitative estimate of drug-likeness (QED) is 0.586. The van der Waals surface area contributed by atoms with Crippen LogP contribution in [-0.2, 0) is 0 Å². The second-order valence-corrected chi connectivity index (χ2v) is 6.19. The number of carbonyl (C=O) groups excluding carboxylic acids is 1. The van der Waals surface area contributed by atoms with Crippen LogP contribution in [0.5, 0.6) is 5.75 Å². The minimum atomic E-state index is -0.371. The van der Waals surface area contributed by atoms with Crippen molar-refractivity contribution in [2.75, 3.05) is 0 Å². The lowest BCUT2D eigenvalue weighted by Gasteiger charge is -2.04. The first-order valence-electron chi connectivity index (χ1n) is 6.16. The molecule has 0 atom stereocenters. The number of benzene rings is 2. The number of nitrogens with one attached hydrogen (secondary N) is 1. The first kappa shape index (κ1) is 16.8. The van der Waals surface area contributed by atoms with Crippen LogP contribution in [0.25, 0.3) is 0 Å². The van der Waals surface area contributed by atoms with E-state index in [2.05, 4.69) is 26.5 Å². The van der Waals surface area contributed by atoms with Gasteiger partial charge in [-0.05, 0) is 36.8 Å². The largest absolute Gasteiger partial charge is 0.506 e. The fourth-order valence-corrected chi connectivity index (χ4v) is 2.53. The molecule has 1 amide bonds. The Morgan fingerprint density at radius 3 is 2.73 bits per heavy atom. The molecule has 0 saturated heterocycles. The summed E-state index contributed by atoms with van der Waals surface area (Å²) in [5, 5.41) is 14.0. The zero-order chi connectivity index (χ0) is 16.3. The molecule has 2 aromatic rings. The summed E-state index contributed by atoms with van der Waals surface area (Å²) in [6.45, 7) is 1.93. The Balaban J connectivity index is 2.12. The van der Waals surface area contributed by atoms with Crippen LogP contribution in [0.3, 0.4) is 0 Å². The van der Waals surface area contributed by atoms with Crippen LogP contribution in [0.15, 0.2) is 39.9 Å². The number of halogens is 3. The maximum Gasteiger partial charge on any atom is 0.271 e. The molecule has 0 aliphatic heterocycles. The Morgan fingerprint density at radius 2 is 2.05 bits per heavy atom. The molecular weight excluding hydrogens is 391 g/mol. The van der Waals surface area contributed by atoms with Gasteiger partial charge in [0.15, 0.2) is 0 Å². The van der Waals surface area contributed by atoms with Crippen molar-refractivity contribution in [3.63, 3.8) is 0 Å². The Labute approximate surface area is 145 Å². The molecule has 0 saturated carbocycles. The molecule has 2 aromatic carbocycles. The van der Waals surface area contributed by atoms with Crippen molar-refractivity contribution in [3.05, 3.63) is 61.5 Å². The molecule has 0 bridgehead atoms. The highest BCUT2D eigenvalue weighted by molar-refractivity contribution is 9.10. The predicted molar refractivity (Wildman–Crippen MR) is 92.1 cm³/mol. The minimum Gasteiger partial charge on any atom is -0.506 e. The lowest BCUT2D eigenvalue weighted by Crippen LogP contribution is -2.17. The van der Waals surface area contributed by atoms with E-state index in [0.29, 0.717) is 16.1 Å². The molecule has 0 radical (unpaired) electrons. The number of hydrogen-bond acceptors (Lipinski definition) is 3. The first-order valence-corrected chi connectivity index (χ1v) is 7.71. The number of rotatable bonds is 3. The van der Waals surface area contributed by atoms with Gasteiger partial charge in [0.05, 0.1) is 11.2 Å². The van der Waals surface area contributed by atoms with Crippen molar-refractivity contribution in [1.82, 2.24) is 5.43 Å². The van der Waals surface area contributed by atoms with E-state index in [9.17, 15) is 9.90 Å². The molecule has 0 aromatic heterocycles. The van der Waals surface area contributed by atoms with E-state index in [4.69, 9.17) is 23.2 Å². The Morgan fingerprint density at radius 1 is 1.32 bits per heavy atom. The van der Waals surface area contributed by atoms with Crippen LogP contribution in [0.2, 0.25) is 10.0 Å². The zero-order valence-corrected chi connectivity index (χ0v) is 14.5. The van der Waals surface area contributed by atoms with Gasteiger partial charge >= 0.3 is 0 Å². The number of phenols is 1. The Hall–Kier alpha value is -1.56. The summed E-state index contributed by atoms with van der Waals surface area (Å²) in [6.07, 6.45) is 1.27. The number of nitrogens with zero attached hydrogens (tertiary/aromatic N) is 1. The van der Waals surface area contributed by atoms with Gasteiger partial charge in [-0.15, -0.1) is 0 Å². The smallest absolute Gasteiger partial charge is 0.271 e. The monoisotopic (exact) mass is 400 g/mol. The van der Waals surface area contributed by atoms with E-state index >= 15 is 0 Å².